The topological polar surface area (TPSA) is 37.3 Å². The van der Waals surface area contributed by atoms with Crippen LogP contribution in [0.25, 0.3) is 0 Å². The van der Waals surface area contributed by atoms with E-state index < -0.39 is 5.97 Å². The van der Waals surface area contributed by atoms with E-state index in [1.807, 2.05) is 0 Å². The van der Waals surface area contributed by atoms with Crippen molar-refractivity contribution in [2.75, 3.05) is 0 Å². The zero-order chi connectivity index (χ0) is 15.9. The normalized spacial score (nSPS) is 14.0. The zero-order valence-corrected chi connectivity index (χ0v) is 14.7. The summed E-state index contributed by atoms with van der Waals surface area (Å²) in [6.07, 6.45) is 15.3. The highest BCUT2D eigenvalue weighted by Crippen LogP contribution is 2.27. The monoisotopic (exact) mass is 298 g/mol. The summed E-state index contributed by atoms with van der Waals surface area (Å²) in [7, 11) is 0. The molecule has 0 amide bonds. The minimum Gasteiger partial charge on any atom is -0.481 e. The quantitative estimate of drug-likeness (QED) is 0.353. The van der Waals surface area contributed by atoms with Gasteiger partial charge in [0.25, 0.3) is 0 Å². The highest BCUT2D eigenvalue weighted by molar-refractivity contribution is 5.69. The maximum Gasteiger partial charge on any atom is 0.306 e. The van der Waals surface area contributed by atoms with E-state index in [0.717, 1.165) is 19.3 Å². The molecular weight excluding hydrogens is 260 g/mol. The predicted octanol–water partition coefficient (Wildman–Crippen LogP) is 6.43. The van der Waals surface area contributed by atoms with Crippen LogP contribution in [-0.2, 0) is 4.79 Å². The molecule has 1 N–H and O–H groups in total. The Labute approximate surface area is 132 Å². The van der Waals surface area contributed by atoms with Gasteiger partial charge in [0.2, 0.25) is 0 Å². The van der Waals surface area contributed by atoms with Gasteiger partial charge in [-0.2, -0.15) is 0 Å². The van der Waals surface area contributed by atoms with Gasteiger partial charge in [0.05, 0.1) is 5.92 Å². The molecule has 0 rings (SSSR count). The predicted molar refractivity (Wildman–Crippen MR) is 91.7 cm³/mol. The van der Waals surface area contributed by atoms with Gasteiger partial charge in [-0.1, -0.05) is 91.4 Å². The summed E-state index contributed by atoms with van der Waals surface area (Å²) in [5.41, 5.74) is 0. The van der Waals surface area contributed by atoms with Gasteiger partial charge in [-0.25, -0.2) is 0 Å². The summed E-state index contributed by atoms with van der Waals surface area (Å²) in [6.45, 7) is 6.66. The van der Waals surface area contributed by atoms with Crippen molar-refractivity contribution in [3.05, 3.63) is 0 Å². The molecule has 126 valence electrons. The summed E-state index contributed by atoms with van der Waals surface area (Å²) >= 11 is 0. The molecule has 0 saturated heterocycles. The fraction of sp³-hybridized carbons (Fsp3) is 0.947. The maximum atomic E-state index is 11.5. The molecule has 0 saturated carbocycles. The molecule has 0 aliphatic rings. The van der Waals surface area contributed by atoms with Crippen LogP contribution in [0.1, 0.15) is 104 Å². The number of rotatable bonds is 15. The number of unbranched alkanes of at least 4 members (excludes halogenated alkanes) is 6. The van der Waals surface area contributed by atoms with E-state index in [9.17, 15) is 9.90 Å². The largest absolute Gasteiger partial charge is 0.481 e. The first-order chi connectivity index (χ1) is 10.2. The molecule has 0 aromatic rings. The second-order valence-corrected chi connectivity index (χ2v) is 6.62. The van der Waals surface area contributed by atoms with Crippen molar-refractivity contribution in [1.82, 2.24) is 0 Å². The lowest BCUT2D eigenvalue weighted by molar-refractivity contribution is -0.142. The summed E-state index contributed by atoms with van der Waals surface area (Å²) in [5, 5.41) is 9.46. The average molecular weight is 299 g/mol. The minimum atomic E-state index is -0.568. The van der Waals surface area contributed by atoms with Crippen molar-refractivity contribution in [3.8, 4) is 0 Å². The van der Waals surface area contributed by atoms with Crippen molar-refractivity contribution in [2.45, 2.75) is 104 Å². The Hall–Kier alpha value is -0.530. The number of carboxylic acid groups (broad SMARTS) is 1. The van der Waals surface area contributed by atoms with Gasteiger partial charge in [0.1, 0.15) is 0 Å². The molecule has 21 heavy (non-hydrogen) atoms. The van der Waals surface area contributed by atoms with Gasteiger partial charge >= 0.3 is 5.97 Å². The third-order valence-electron chi connectivity index (χ3n) is 4.54. The van der Waals surface area contributed by atoms with Crippen LogP contribution >= 0.6 is 0 Å². The smallest absolute Gasteiger partial charge is 0.306 e. The number of carboxylic acids is 1. The van der Waals surface area contributed by atoms with Gasteiger partial charge < -0.3 is 5.11 Å². The first-order valence-corrected chi connectivity index (χ1v) is 9.38. The molecule has 2 atom stereocenters. The molecular formula is C19H38O2. The Morgan fingerprint density at radius 2 is 1.33 bits per heavy atom. The van der Waals surface area contributed by atoms with E-state index in [0.29, 0.717) is 5.92 Å². The fourth-order valence-corrected chi connectivity index (χ4v) is 3.21. The Bertz CT molecular complexity index is 238. The van der Waals surface area contributed by atoms with Crippen LogP contribution in [0.3, 0.4) is 0 Å². The maximum absolute atomic E-state index is 11.5. The molecule has 0 radical (unpaired) electrons. The third-order valence-corrected chi connectivity index (χ3v) is 4.54. The molecule has 2 nitrogen and oxygen atoms in total. The molecule has 0 aliphatic heterocycles. The second-order valence-electron chi connectivity index (χ2n) is 6.62. The van der Waals surface area contributed by atoms with E-state index >= 15 is 0 Å². The van der Waals surface area contributed by atoms with Crippen molar-refractivity contribution in [1.29, 1.82) is 0 Å². The summed E-state index contributed by atoms with van der Waals surface area (Å²) in [5.74, 6) is -0.0508. The summed E-state index contributed by atoms with van der Waals surface area (Å²) in [4.78, 5) is 11.5. The Balaban J connectivity index is 4.12. The van der Waals surface area contributed by atoms with Crippen LogP contribution in [0.15, 0.2) is 0 Å². The van der Waals surface area contributed by atoms with E-state index in [4.69, 9.17) is 0 Å². The van der Waals surface area contributed by atoms with Crippen molar-refractivity contribution in [3.63, 3.8) is 0 Å². The summed E-state index contributed by atoms with van der Waals surface area (Å²) in [6, 6.07) is 0. The van der Waals surface area contributed by atoms with Crippen LogP contribution in [0.2, 0.25) is 0 Å². The number of hydrogen-bond acceptors (Lipinski definition) is 1. The highest BCUT2D eigenvalue weighted by Gasteiger charge is 2.21. The highest BCUT2D eigenvalue weighted by atomic mass is 16.4. The molecule has 0 heterocycles. The molecule has 0 aromatic heterocycles. The van der Waals surface area contributed by atoms with E-state index in [-0.39, 0.29) is 5.92 Å². The third kappa shape index (κ3) is 11.8. The van der Waals surface area contributed by atoms with Gasteiger partial charge in [-0.15, -0.1) is 0 Å². The first-order valence-electron chi connectivity index (χ1n) is 9.38. The Kier molecular flexibility index (Phi) is 14.0. The minimum absolute atomic E-state index is 0.107. The standard InChI is InChI=1S/C19H38O2/c1-4-7-9-10-12-15-18(19(20)21)16-17(13-6-3)14-11-8-5-2/h17-18H,4-16H2,1-3H3,(H,20,21). The lowest BCUT2D eigenvalue weighted by atomic mass is 9.85. The van der Waals surface area contributed by atoms with Crippen LogP contribution < -0.4 is 0 Å². The number of hydrogen-bond donors (Lipinski definition) is 1. The molecule has 0 bridgehead atoms. The molecule has 0 aliphatic carbocycles. The van der Waals surface area contributed by atoms with Crippen LogP contribution in [-0.4, -0.2) is 11.1 Å². The summed E-state index contributed by atoms with van der Waals surface area (Å²) < 4.78 is 0. The molecule has 0 fully saturated rings. The second kappa shape index (κ2) is 14.4. The van der Waals surface area contributed by atoms with Crippen molar-refractivity contribution >= 4 is 5.97 Å². The number of aliphatic carboxylic acids is 1. The van der Waals surface area contributed by atoms with E-state index in [1.54, 1.807) is 0 Å². The van der Waals surface area contributed by atoms with Gasteiger partial charge in [0, 0.05) is 0 Å². The van der Waals surface area contributed by atoms with Gasteiger partial charge in [0.15, 0.2) is 0 Å². The molecule has 0 spiro atoms. The van der Waals surface area contributed by atoms with Crippen LogP contribution in [0.4, 0.5) is 0 Å². The van der Waals surface area contributed by atoms with Gasteiger partial charge in [-0.3, -0.25) is 4.79 Å². The average Bonchev–Trinajstić information content (AvgIpc) is 2.45. The zero-order valence-electron chi connectivity index (χ0n) is 14.7. The molecule has 0 aromatic carbocycles. The lowest BCUT2D eigenvalue weighted by Gasteiger charge is -2.21. The van der Waals surface area contributed by atoms with Crippen LogP contribution in [0.5, 0.6) is 0 Å². The van der Waals surface area contributed by atoms with Crippen molar-refractivity contribution < 1.29 is 9.90 Å². The fourth-order valence-electron chi connectivity index (χ4n) is 3.21. The van der Waals surface area contributed by atoms with Crippen LogP contribution in [0, 0.1) is 11.8 Å². The van der Waals surface area contributed by atoms with E-state index in [2.05, 4.69) is 20.8 Å². The van der Waals surface area contributed by atoms with Crippen molar-refractivity contribution in [2.24, 2.45) is 11.8 Å². The van der Waals surface area contributed by atoms with E-state index in [1.165, 1.54) is 64.2 Å². The van der Waals surface area contributed by atoms with Gasteiger partial charge in [-0.05, 0) is 18.8 Å². The SMILES string of the molecule is CCCCCCCC(CC(CCC)CCCCC)C(=O)O. The lowest BCUT2D eigenvalue weighted by Crippen LogP contribution is -2.18. The Morgan fingerprint density at radius 1 is 0.762 bits per heavy atom. The Morgan fingerprint density at radius 3 is 1.90 bits per heavy atom. The first kappa shape index (κ1) is 20.5. The number of carbonyl (C=O) groups is 1. The molecule has 2 unspecified atom stereocenters. The molecule has 2 heteroatoms.